The Morgan fingerprint density at radius 2 is 1.31 bits per heavy atom. The van der Waals surface area contributed by atoms with E-state index in [0.717, 1.165) is 22.3 Å². The maximum Gasteiger partial charge on any atom is 0.298 e. The summed E-state index contributed by atoms with van der Waals surface area (Å²) in [5.74, 6) is -1.16. The Kier molecular flexibility index (Phi) is 8.22. The summed E-state index contributed by atoms with van der Waals surface area (Å²) in [6, 6.07) is 13.8. The van der Waals surface area contributed by atoms with E-state index in [1.54, 1.807) is 13.8 Å². The van der Waals surface area contributed by atoms with Gasteiger partial charge in [0, 0.05) is 11.5 Å². The van der Waals surface area contributed by atoms with Crippen molar-refractivity contribution in [1.82, 2.24) is 0 Å². The van der Waals surface area contributed by atoms with E-state index < -0.39 is 27.4 Å². The predicted molar refractivity (Wildman–Crippen MR) is 140 cm³/mol. The summed E-state index contributed by atoms with van der Waals surface area (Å²) in [5.41, 5.74) is 2.48. The van der Waals surface area contributed by atoms with E-state index >= 15 is 0 Å². The Labute approximate surface area is 212 Å². The molecule has 1 fully saturated rings. The summed E-state index contributed by atoms with van der Waals surface area (Å²) < 4.78 is 46.5. The van der Waals surface area contributed by atoms with Crippen LogP contribution in [0.5, 0.6) is 0 Å². The highest BCUT2D eigenvalue weighted by molar-refractivity contribution is 7.87. The molecule has 3 rings (SSSR count). The highest BCUT2D eigenvalue weighted by Crippen LogP contribution is 2.46. The fourth-order valence-electron chi connectivity index (χ4n) is 4.80. The first-order valence-corrected chi connectivity index (χ1v) is 14.1. The lowest BCUT2D eigenvalue weighted by Crippen LogP contribution is -2.48. The molecule has 0 N–H and O–H groups in total. The average molecular weight is 503 g/mol. The van der Waals surface area contributed by atoms with Crippen molar-refractivity contribution in [3.8, 4) is 0 Å². The van der Waals surface area contributed by atoms with Gasteiger partial charge in [-0.25, -0.2) is 0 Å². The molecule has 1 heterocycles. The van der Waals surface area contributed by atoms with Crippen molar-refractivity contribution in [3.63, 3.8) is 0 Å². The Morgan fingerprint density at radius 1 is 0.829 bits per heavy atom. The molecule has 194 valence electrons. The van der Waals surface area contributed by atoms with Crippen molar-refractivity contribution in [2.45, 2.75) is 96.4 Å². The van der Waals surface area contributed by atoms with Gasteiger partial charge >= 0.3 is 0 Å². The molecule has 5 nitrogen and oxygen atoms in total. The molecule has 1 aliphatic rings. The molecule has 2 aromatic rings. The molecule has 0 saturated carbocycles. The van der Waals surface area contributed by atoms with E-state index in [0.29, 0.717) is 24.0 Å². The standard InChI is InChI=1S/C29H42O5S/c1-19(2)23-17-25(20(3)4)27(26(18-23)21(5)6)35(30,31)34-28(8,9)22(7)29(32-15-16-33-29)24-13-11-10-12-14-24/h10-14,17-22H,15-16H2,1-9H3. The number of rotatable bonds is 9. The first kappa shape index (κ1) is 27.9. The van der Waals surface area contributed by atoms with Crippen LogP contribution in [0.1, 0.15) is 102 Å². The number of benzene rings is 2. The minimum absolute atomic E-state index is 0.0253. The molecule has 0 bridgehead atoms. The van der Waals surface area contributed by atoms with Gasteiger partial charge in [-0.15, -0.1) is 0 Å². The molecule has 0 spiro atoms. The smallest absolute Gasteiger partial charge is 0.298 e. The number of hydrogen-bond acceptors (Lipinski definition) is 5. The molecular weight excluding hydrogens is 460 g/mol. The van der Waals surface area contributed by atoms with Crippen molar-refractivity contribution in [1.29, 1.82) is 0 Å². The fraction of sp³-hybridized carbons (Fsp3) is 0.586. The molecule has 0 aromatic heterocycles. The van der Waals surface area contributed by atoms with Gasteiger partial charge in [0.15, 0.2) is 5.79 Å². The molecular formula is C29H42O5S. The highest BCUT2D eigenvalue weighted by Gasteiger charge is 2.52. The third-order valence-corrected chi connectivity index (χ3v) is 8.78. The van der Waals surface area contributed by atoms with E-state index in [2.05, 4.69) is 13.8 Å². The molecule has 0 aliphatic carbocycles. The molecule has 0 radical (unpaired) electrons. The topological polar surface area (TPSA) is 61.8 Å². The van der Waals surface area contributed by atoms with E-state index in [1.165, 1.54) is 0 Å². The lowest BCUT2D eigenvalue weighted by Gasteiger charge is -2.42. The van der Waals surface area contributed by atoms with E-state index in [1.807, 2.05) is 77.1 Å². The van der Waals surface area contributed by atoms with Crippen LogP contribution in [0.25, 0.3) is 0 Å². The van der Waals surface area contributed by atoms with Gasteiger partial charge in [0.05, 0.1) is 18.8 Å². The molecule has 35 heavy (non-hydrogen) atoms. The normalized spacial score (nSPS) is 17.5. The summed E-state index contributed by atoms with van der Waals surface area (Å²) in [4.78, 5) is 0.300. The zero-order valence-corrected chi connectivity index (χ0v) is 23.5. The zero-order chi connectivity index (χ0) is 26.2. The van der Waals surface area contributed by atoms with Crippen LogP contribution in [0.2, 0.25) is 0 Å². The van der Waals surface area contributed by atoms with Crippen molar-refractivity contribution >= 4 is 10.1 Å². The molecule has 1 unspecified atom stereocenters. The summed E-state index contributed by atoms with van der Waals surface area (Å²) in [7, 11) is -4.11. The van der Waals surface area contributed by atoms with Gasteiger partial charge in [-0.3, -0.25) is 4.18 Å². The summed E-state index contributed by atoms with van der Waals surface area (Å²) in [6.07, 6.45) is 0. The van der Waals surface area contributed by atoms with Crippen LogP contribution in [-0.4, -0.2) is 27.2 Å². The second-order valence-corrected chi connectivity index (χ2v) is 12.6. The Balaban J connectivity index is 2.09. The van der Waals surface area contributed by atoms with E-state index in [9.17, 15) is 8.42 Å². The Hall–Kier alpha value is -1.73. The molecule has 1 aliphatic heterocycles. The van der Waals surface area contributed by atoms with Crippen molar-refractivity contribution in [2.75, 3.05) is 13.2 Å². The van der Waals surface area contributed by atoms with Crippen molar-refractivity contribution < 1.29 is 22.1 Å². The molecule has 6 heteroatoms. The van der Waals surface area contributed by atoms with Gasteiger partial charge < -0.3 is 9.47 Å². The molecule has 2 aromatic carbocycles. The van der Waals surface area contributed by atoms with Crippen LogP contribution in [0.15, 0.2) is 47.4 Å². The monoisotopic (exact) mass is 502 g/mol. The van der Waals surface area contributed by atoms with Gasteiger partial charge in [-0.05, 0) is 48.3 Å². The third kappa shape index (κ3) is 5.51. The zero-order valence-electron chi connectivity index (χ0n) is 22.7. The lowest BCUT2D eigenvalue weighted by molar-refractivity contribution is -0.232. The van der Waals surface area contributed by atoms with Crippen LogP contribution in [0.3, 0.4) is 0 Å². The minimum Gasteiger partial charge on any atom is -0.343 e. The maximum absolute atomic E-state index is 14.0. The van der Waals surface area contributed by atoms with E-state index in [4.69, 9.17) is 13.7 Å². The average Bonchev–Trinajstić information content (AvgIpc) is 3.28. The minimum atomic E-state index is -4.11. The summed E-state index contributed by atoms with van der Waals surface area (Å²) in [6.45, 7) is 18.8. The molecule has 1 saturated heterocycles. The maximum atomic E-state index is 14.0. The van der Waals surface area contributed by atoms with Gasteiger partial charge in [0.1, 0.15) is 4.90 Å². The predicted octanol–water partition coefficient (Wildman–Crippen LogP) is 7.08. The second-order valence-electron chi connectivity index (χ2n) is 11.1. The Morgan fingerprint density at radius 3 is 1.74 bits per heavy atom. The lowest BCUT2D eigenvalue weighted by atomic mass is 9.81. The van der Waals surface area contributed by atoms with Crippen molar-refractivity contribution in [2.24, 2.45) is 5.92 Å². The summed E-state index contributed by atoms with van der Waals surface area (Å²) >= 11 is 0. The summed E-state index contributed by atoms with van der Waals surface area (Å²) in [5, 5.41) is 0. The molecule has 0 amide bonds. The quantitative estimate of drug-likeness (QED) is 0.343. The van der Waals surface area contributed by atoms with Crippen LogP contribution in [-0.2, 0) is 29.6 Å². The van der Waals surface area contributed by atoms with Gasteiger partial charge in [0.25, 0.3) is 10.1 Å². The number of ether oxygens (including phenoxy) is 2. The van der Waals surface area contributed by atoms with Gasteiger partial charge in [-0.1, -0.05) is 90.9 Å². The SMILES string of the molecule is CC(C)c1cc(C(C)C)c(S(=O)(=O)OC(C)(C)C(C)C2(c3ccccc3)OCCO2)c(C(C)C)c1. The fourth-order valence-corrected chi connectivity index (χ4v) is 6.76. The first-order valence-electron chi connectivity index (χ1n) is 12.7. The number of hydrogen-bond donors (Lipinski definition) is 0. The van der Waals surface area contributed by atoms with Crippen molar-refractivity contribution in [3.05, 3.63) is 64.7 Å². The van der Waals surface area contributed by atoms with E-state index in [-0.39, 0.29) is 11.8 Å². The first-order chi connectivity index (χ1) is 16.2. The largest absolute Gasteiger partial charge is 0.343 e. The highest BCUT2D eigenvalue weighted by atomic mass is 32.2. The van der Waals surface area contributed by atoms with Crippen LogP contribution >= 0.6 is 0 Å². The van der Waals surface area contributed by atoms with Crippen LogP contribution in [0.4, 0.5) is 0 Å². The molecule has 1 atom stereocenters. The van der Waals surface area contributed by atoms with Crippen LogP contribution in [0, 0.1) is 5.92 Å². The van der Waals surface area contributed by atoms with Gasteiger partial charge in [-0.2, -0.15) is 8.42 Å². The van der Waals surface area contributed by atoms with Gasteiger partial charge in [0.2, 0.25) is 0 Å². The van der Waals surface area contributed by atoms with Crippen LogP contribution < -0.4 is 0 Å². The third-order valence-electron chi connectivity index (χ3n) is 7.16. The second kappa shape index (κ2) is 10.3. The Bertz CT molecular complexity index is 1080.